The van der Waals surface area contributed by atoms with Gasteiger partial charge in [-0.05, 0) is 37.2 Å². The molecule has 1 amide bonds. The predicted octanol–water partition coefficient (Wildman–Crippen LogP) is 3.92. The second-order valence-electron chi connectivity index (χ2n) is 5.96. The summed E-state index contributed by atoms with van der Waals surface area (Å²) in [6.07, 6.45) is 0.226. The van der Waals surface area contributed by atoms with E-state index in [0.717, 1.165) is 30.2 Å². The summed E-state index contributed by atoms with van der Waals surface area (Å²) in [6.45, 7) is 9.58. The van der Waals surface area contributed by atoms with E-state index in [1.165, 1.54) is 0 Å². The molecule has 1 aliphatic heterocycles. The summed E-state index contributed by atoms with van der Waals surface area (Å²) in [5.74, 6) is 0.125. The van der Waals surface area contributed by atoms with E-state index < -0.39 is 8.32 Å². The molecule has 2 atom stereocenters. The summed E-state index contributed by atoms with van der Waals surface area (Å²) in [4.78, 5) is 14.4. The maximum Gasteiger partial charge on any atom is 0.254 e. The number of carbonyl (C=O) groups excluding carboxylic acids is 1. The maximum atomic E-state index is 12.4. The Labute approximate surface area is 129 Å². The van der Waals surface area contributed by atoms with Gasteiger partial charge in [0, 0.05) is 12.1 Å². The Kier molecular flexibility index (Phi) is 5.22. The average Bonchev–Trinajstić information content (AvgIpc) is 2.55. The monoisotopic (exact) mass is 305 g/mol. The molecule has 0 bridgehead atoms. The number of nitrogens with zero attached hydrogens (tertiary/aromatic N) is 1. The number of amides is 1. The molecule has 1 fully saturated rings. The van der Waals surface area contributed by atoms with Crippen LogP contribution in [0, 0.1) is 0 Å². The Bertz CT molecular complexity index is 465. The molecular weight excluding hydrogens is 278 g/mol. The molecule has 4 heteroatoms. The van der Waals surface area contributed by atoms with E-state index in [1.54, 1.807) is 0 Å². The van der Waals surface area contributed by atoms with Crippen LogP contribution in [-0.2, 0) is 4.43 Å². The van der Waals surface area contributed by atoms with Gasteiger partial charge in [0.1, 0.15) is 0 Å². The van der Waals surface area contributed by atoms with Gasteiger partial charge in [-0.1, -0.05) is 39.0 Å². The number of benzene rings is 1. The lowest BCUT2D eigenvalue weighted by molar-refractivity contribution is -0.0275. The summed E-state index contributed by atoms with van der Waals surface area (Å²) in [5, 5.41) is 0. The van der Waals surface area contributed by atoms with E-state index >= 15 is 0 Å². The standard InChI is InChI=1S/C17H27NO2Si/c1-5-21(6-2,7-3)20-16-13-18(14(16)4)17(19)15-11-9-8-10-12-15/h8-12,14,16H,5-7,13H2,1-4H3. The highest BCUT2D eigenvalue weighted by molar-refractivity contribution is 6.73. The third kappa shape index (κ3) is 3.21. The fourth-order valence-electron chi connectivity index (χ4n) is 3.05. The Morgan fingerprint density at radius 1 is 1.19 bits per heavy atom. The molecule has 0 radical (unpaired) electrons. The van der Waals surface area contributed by atoms with Crippen molar-refractivity contribution in [2.75, 3.05) is 6.54 Å². The largest absolute Gasteiger partial charge is 0.410 e. The molecule has 0 aromatic heterocycles. The topological polar surface area (TPSA) is 29.5 Å². The SMILES string of the molecule is CC[Si](CC)(CC)OC1CN(C(=O)c2ccccc2)C1C. The van der Waals surface area contributed by atoms with E-state index in [1.807, 2.05) is 35.2 Å². The maximum absolute atomic E-state index is 12.4. The van der Waals surface area contributed by atoms with E-state index in [-0.39, 0.29) is 18.1 Å². The second-order valence-corrected chi connectivity index (χ2v) is 10.7. The molecule has 1 heterocycles. The zero-order valence-electron chi connectivity index (χ0n) is 13.6. The minimum Gasteiger partial charge on any atom is -0.410 e. The van der Waals surface area contributed by atoms with Crippen LogP contribution >= 0.6 is 0 Å². The highest BCUT2D eigenvalue weighted by Gasteiger charge is 2.44. The Morgan fingerprint density at radius 2 is 1.76 bits per heavy atom. The molecule has 1 saturated heterocycles. The van der Waals surface area contributed by atoms with Gasteiger partial charge in [-0.3, -0.25) is 4.79 Å². The van der Waals surface area contributed by atoms with Gasteiger partial charge < -0.3 is 9.33 Å². The van der Waals surface area contributed by atoms with Gasteiger partial charge >= 0.3 is 0 Å². The summed E-state index contributed by atoms with van der Waals surface area (Å²) in [6, 6.07) is 13.2. The lowest BCUT2D eigenvalue weighted by atomic mass is 10.00. The lowest BCUT2D eigenvalue weighted by Gasteiger charge is -2.49. The minimum atomic E-state index is -1.57. The first-order valence-corrected chi connectivity index (χ1v) is 10.6. The molecule has 1 aliphatic rings. The summed E-state index contributed by atoms with van der Waals surface area (Å²) >= 11 is 0. The number of hydrogen-bond acceptors (Lipinski definition) is 2. The van der Waals surface area contributed by atoms with Crippen molar-refractivity contribution >= 4 is 14.2 Å². The van der Waals surface area contributed by atoms with Crippen molar-refractivity contribution in [3.05, 3.63) is 35.9 Å². The first-order chi connectivity index (χ1) is 10.1. The number of rotatable bonds is 6. The van der Waals surface area contributed by atoms with E-state index in [2.05, 4.69) is 27.7 Å². The number of hydrogen-bond donors (Lipinski definition) is 0. The average molecular weight is 305 g/mol. The second kappa shape index (κ2) is 6.75. The molecule has 116 valence electrons. The quantitative estimate of drug-likeness (QED) is 0.746. The molecule has 1 aromatic rings. The van der Waals surface area contributed by atoms with E-state index in [9.17, 15) is 4.79 Å². The molecule has 3 nitrogen and oxygen atoms in total. The van der Waals surface area contributed by atoms with Crippen LogP contribution in [0.5, 0.6) is 0 Å². The Hall–Kier alpha value is -1.13. The summed E-state index contributed by atoms with van der Waals surface area (Å²) in [5.41, 5.74) is 0.771. The fraction of sp³-hybridized carbons (Fsp3) is 0.588. The van der Waals surface area contributed by atoms with Gasteiger partial charge in [0.05, 0.1) is 12.1 Å². The van der Waals surface area contributed by atoms with E-state index in [0.29, 0.717) is 0 Å². The highest BCUT2D eigenvalue weighted by atomic mass is 28.4. The van der Waals surface area contributed by atoms with Crippen molar-refractivity contribution in [1.29, 1.82) is 0 Å². The van der Waals surface area contributed by atoms with Crippen LogP contribution in [0.25, 0.3) is 0 Å². The first-order valence-electron chi connectivity index (χ1n) is 8.10. The molecule has 1 aromatic carbocycles. The summed E-state index contributed by atoms with van der Waals surface area (Å²) < 4.78 is 6.50. The zero-order chi connectivity index (χ0) is 15.5. The van der Waals surface area contributed by atoms with Crippen molar-refractivity contribution < 1.29 is 9.22 Å². The van der Waals surface area contributed by atoms with Gasteiger partial charge in [-0.25, -0.2) is 0 Å². The highest BCUT2D eigenvalue weighted by Crippen LogP contribution is 2.31. The predicted molar refractivity (Wildman–Crippen MR) is 89.0 cm³/mol. The smallest absolute Gasteiger partial charge is 0.254 e. The number of carbonyl (C=O) groups is 1. The van der Waals surface area contributed by atoms with Gasteiger partial charge in [0.2, 0.25) is 0 Å². The van der Waals surface area contributed by atoms with Crippen LogP contribution in [0.1, 0.15) is 38.1 Å². The lowest BCUT2D eigenvalue weighted by Crippen LogP contribution is -2.64. The van der Waals surface area contributed by atoms with Crippen LogP contribution < -0.4 is 0 Å². The number of likely N-dealkylation sites (tertiary alicyclic amines) is 1. The van der Waals surface area contributed by atoms with Crippen molar-refractivity contribution in [3.63, 3.8) is 0 Å². The molecule has 2 unspecified atom stereocenters. The van der Waals surface area contributed by atoms with Crippen molar-refractivity contribution in [2.45, 2.75) is 58.0 Å². The molecule has 21 heavy (non-hydrogen) atoms. The van der Waals surface area contributed by atoms with Crippen LogP contribution in [0.4, 0.5) is 0 Å². The molecule has 0 aliphatic carbocycles. The van der Waals surface area contributed by atoms with Gasteiger partial charge in [0.15, 0.2) is 8.32 Å². The van der Waals surface area contributed by atoms with Crippen LogP contribution in [0.2, 0.25) is 18.1 Å². The molecular formula is C17H27NO2Si. The third-order valence-corrected chi connectivity index (χ3v) is 9.69. The normalized spacial score (nSPS) is 22.0. The zero-order valence-corrected chi connectivity index (χ0v) is 14.6. The van der Waals surface area contributed by atoms with Crippen LogP contribution in [0.15, 0.2) is 30.3 Å². The molecule has 0 saturated carbocycles. The molecule has 0 N–H and O–H groups in total. The van der Waals surface area contributed by atoms with Crippen molar-refractivity contribution in [3.8, 4) is 0 Å². The van der Waals surface area contributed by atoms with Crippen molar-refractivity contribution in [1.82, 2.24) is 4.90 Å². The van der Waals surface area contributed by atoms with Crippen molar-refractivity contribution in [2.24, 2.45) is 0 Å². The fourth-order valence-corrected chi connectivity index (χ4v) is 5.96. The third-order valence-electron chi connectivity index (χ3n) is 5.02. The van der Waals surface area contributed by atoms with Gasteiger partial charge in [-0.15, -0.1) is 0 Å². The van der Waals surface area contributed by atoms with Crippen LogP contribution in [0.3, 0.4) is 0 Å². The molecule has 0 spiro atoms. The Morgan fingerprint density at radius 3 is 2.24 bits per heavy atom. The first kappa shape index (κ1) is 16.2. The van der Waals surface area contributed by atoms with Gasteiger partial charge in [0.25, 0.3) is 5.91 Å². The van der Waals surface area contributed by atoms with Gasteiger partial charge in [-0.2, -0.15) is 0 Å². The van der Waals surface area contributed by atoms with E-state index in [4.69, 9.17) is 4.43 Å². The Balaban J connectivity index is 1.97. The molecule has 2 rings (SSSR count). The van der Waals surface area contributed by atoms with Crippen LogP contribution in [-0.4, -0.2) is 37.8 Å². The summed E-state index contributed by atoms with van der Waals surface area (Å²) in [7, 11) is -1.57. The minimum absolute atomic E-state index is 0.125.